The number of nitrogens with zero attached hydrogens (tertiary/aromatic N) is 3. The zero-order valence-electron chi connectivity index (χ0n) is 17.9. The molecular weight excluding hydrogens is 448 g/mol. The van der Waals surface area contributed by atoms with Crippen molar-refractivity contribution in [3.05, 3.63) is 57.4 Å². The minimum Gasteiger partial charge on any atom is -0.360 e. The maximum Gasteiger partial charge on any atom is 0.249 e. The summed E-state index contributed by atoms with van der Waals surface area (Å²) in [5.41, 5.74) is 3.19. The first kappa shape index (κ1) is 21.3. The van der Waals surface area contributed by atoms with Crippen LogP contribution >= 0.6 is 11.3 Å². The molecule has 0 radical (unpaired) electrons. The van der Waals surface area contributed by atoms with Crippen molar-refractivity contribution in [2.75, 3.05) is 5.32 Å². The van der Waals surface area contributed by atoms with E-state index in [4.69, 9.17) is 4.52 Å². The van der Waals surface area contributed by atoms with Gasteiger partial charge in [-0.15, -0.1) is 11.3 Å². The van der Waals surface area contributed by atoms with Crippen molar-refractivity contribution in [2.24, 2.45) is 0 Å². The molecule has 1 amide bonds. The normalized spacial score (nSPS) is 18.8. The van der Waals surface area contributed by atoms with Crippen molar-refractivity contribution in [3.8, 4) is 0 Å². The topological polar surface area (TPSA) is 105 Å². The van der Waals surface area contributed by atoms with Gasteiger partial charge in [-0.3, -0.25) is 4.79 Å². The largest absolute Gasteiger partial charge is 0.360 e. The lowest BCUT2D eigenvalue weighted by molar-refractivity contribution is -0.120. The third-order valence-electron chi connectivity index (χ3n) is 6.12. The van der Waals surface area contributed by atoms with Crippen LogP contribution in [0.1, 0.15) is 46.0 Å². The van der Waals surface area contributed by atoms with Crippen molar-refractivity contribution >= 4 is 32.4 Å². The molecule has 32 heavy (non-hydrogen) atoms. The van der Waals surface area contributed by atoms with E-state index in [0.717, 1.165) is 42.5 Å². The lowest BCUT2D eigenvalue weighted by Crippen LogP contribution is -2.50. The molecule has 10 heteroatoms. The second-order valence-corrected chi connectivity index (χ2v) is 11.2. The number of hydrogen-bond acceptors (Lipinski definition) is 7. The Morgan fingerprint density at radius 1 is 1.19 bits per heavy atom. The Kier molecular flexibility index (Phi) is 5.39. The van der Waals surface area contributed by atoms with Gasteiger partial charge in [-0.2, -0.15) is 4.31 Å². The summed E-state index contributed by atoms with van der Waals surface area (Å²) < 4.78 is 33.7. The summed E-state index contributed by atoms with van der Waals surface area (Å²) >= 11 is 1.49. The highest BCUT2D eigenvalue weighted by Gasteiger charge is 2.42. The van der Waals surface area contributed by atoms with E-state index in [1.54, 1.807) is 13.8 Å². The number of thiazole rings is 1. The standard InChI is InChI=1S/C22H24N4O4S2/c1-13-20(14(2)30-25-13)32(28,29)26-12-16-8-4-3-7-15(16)11-18(26)21(27)24-22-23-17-9-5-6-10-19(17)31-22/h3-4,7-8,18H,5-6,9-12H2,1-2H3,(H,23,24,27). The van der Waals surface area contributed by atoms with Gasteiger partial charge in [-0.25, -0.2) is 13.4 Å². The molecule has 8 nitrogen and oxygen atoms in total. The number of nitrogens with one attached hydrogen (secondary N) is 1. The quantitative estimate of drug-likeness (QED) is 0.624. The van der Waals surface area contributed by atoms with Crippen LogP contribution in [0, 0.1) is 13.8 Å². The van der Waals surface area contributed by atoms with Crippen LogP contribution in [-0.2, 0) is 40.6 Å². The zero-order chi connectivity index (χ0) is 22.5. The number of fused-ring (bicyclic) bond motifs is 2. The lowest BCUT2D eigenvalue weighted by Gasteiger charge is -2.34. The van der Waals surface area contributed by atoms with Gasteiger partial charge in [0.25, 0.3) is 0 Å². The Labute approximate surface area is 190 Å². The molecule has 168 valence electrons. The van der Waals surface area contributed by atoms with Crippen molar-refractivity contribution in [1.29, 1.82) is 0 Å². The molecule has 1 aromatic carbocycles. The fraction of sp³-hybridized carbons (Fsp3) is 0.409. The number of carbonyl (C=O) groups excluding carboxylic acids is 1. The Balaban J connectivity index is 1.50. The first-order chi connectivity index (χ1) is 15.3. The summed E-state index contributed by atoms with van der Waals surface area (Å²) in [6, 6.07) is 6.72. The van der Waals surface area contributed by atoms with Gasteiger partial charge in [-0.05, 0) is 57.1 Å². The number of benzene rings is 1. The Morgan fingerprint density at radius 2 is 1.94 bits per heavy atom. The second-order valence-electron chi connectivity index (χ2n) is 8.28. The molecule has 0 spiro atoms. The summed E-state index contributed by atoms with van der Waals surface area (Å²) in [5, 5.41) is 7.24. The number of rotatable bonds is 4. The highest BCUT2D eigenvalue weighted by atomic mass is 32.2. The van der Waals surface area contributed by atoms with E-state index in [1.165, 1.54) is 20.5 Å². The van der Waals surface area contributed by atoms with Gasteiger partial charge in [0, 0.05) is 11.4 Å². The van der Waals surface area contributed by atoms with E-state index >= 15 is 0 Å². The van der Waals surface area contributed by atoms with E-state index in [1.807, 2.05) is 24.3 Å². The number of sulfonamides is 1. The molecule has 1 atom stereocenters. The fourth-order valence-corrected chi connectivity index (χ4v) is 7.44. The van der Waals surface area contributed by atoms with Crippen LogP contribution < -0.4 is 5.32 Å². The van der Waals surface area contributed by atoms with Gasteiger partial charge >= 0.3 is 0 Å². The third-order valence-corrected chi connectivity index (χ3v) is 9.29. The average molecular weight is 473 g/mol. The molecule has 1 aliphatic heterocycles. The average Bonchev–Trinajstić information content (AvgIpc) is 3.34. The molecule has 3 heterocycles. The molecule has 2 aliphatic rings. The SMILES string of the molecule is Cc1noc(C)c1S(=O)(=O)N1Cc2ccccc2CC1C(=O)Nc1nc2c(s1)CCCC2. The number of aryl methyl sites for hydroxylation is 4. The van der Waals surface area contributed by atoms with Crippen LogP contribution in [0.2, 0.25) is 0 Å². The molecule has 0 bridgehead atoms. The van der Waals surface area contributed by atoms with Crippen molar-refractivity contribution in [3.63, 3.8) is 0 Å². The maximum absolute atomic E-state index is 13.7. The van der Waals surface area contributed by atoms with Gasteiger partial charge in [0.2, 0.25) is 15.9 Å². The van der Waals surface area contributed by atoms with Gasteiger partial charge in [0.05, 0.1) is 5.69 Å². The first-order valence-electron chi connectivity index (χ1n) is 10.7. The molecule has 0 saturated heterocycles. The summed E-state index contributed by atoms with van der Waals surface area (Å²) in [6.45, 7) is 3.27. The highest BCUT2D eigenvalue weighted by Crippen LogP contribution is 2.33. The van der Waals surface area contributed by atoms with E-state index < -0.39 is 16.1 Å². The van der Waals surface area contributed by atoms with Crippen molar-refractivity contribution < 1.29 is 17.7 Å². The summed E-state index contributed by atoms with van der Waals surface area (Å²) in [4.78, 5) is 19.2. The van der Waals surface area contributed by atoms with E-state index in [9.17, 15) is 13.2 Å². The highest BCUT2D eigenvalue weighted by molar-refractivity contribution is 7.89. The number of aromatic nitrogens is 2. The summed E-state index contributed by atoms with van der Waals surface area (Å²) in [6.07, 6.45) is 4.42. The van der Waals surface area contributed by atoms with Gasteiger partial charge < -0.3 is 9.84 Å². The molecule has 0 fully saturated rings. The van der Waals surface area contributed by atoms with E-state index in [0.29, 0.717) is 5.13 Å². The Hall–Kier alpha value is -2.56. The van der Waals surface area contributed by atoms with Gasteiger partial charge in [0.15, 0.2) is 10.9 Å². The van der Waals surface area contributed by atoms with Crippen LogP contribution in [0.15, 0.2) is 33.7 Å². The maximum atomic E-state index is 13.7. The second kappa shape index (κ2) is 8.09. The van der Waals surface area contributed by atoms with Crippen molar-refractivity contribution in [1.82, 2.24) is 14.4 Å². The molecule has 3 aromatic rings. The number of hydrogen-bond donors (Lipinski definition) is 1. The predicted octanol–water partition coefficient (Wildman–Crippen LogP) is 3.38. The van der Waals surface area contributed by atoms with Crippen molar-refractivity contribution in [2.45, 2.75) is 63.4 Å². The monoisotopic (exact) mass is 472 g/mol. The van der Waals surface area contributed by atoms with Crippen LogP contribution in [0.5, 0.6) is 0 Å². The summed E-state index contributed by atoms with van der Waals surface area (Å²) in [7, 11) is -4.01. The smallest absolute Gasteiger partial charge is 0.249 e. The number of anilines is 1. The van der Waals surface area contributed by atoms with E-state index in [2.05, 4.69) is 15.5 Å². The Bertz CT molecular complexity index is 1250. The van der Waals surface area contributed by atoms with Crippen LogP contribution in [0.25, 0.3) is 0 Å². The molecule has 0 saturated carbocycles. The van der Waals surface area contributed by atoms with E-state index in [-0.39, 0.29) is 35.2 Å². The van der Waals surface area contributed by atoms with Crippen LogP contribution in [-0.4, -0.2) is 34.8 Å². The molecule has 1 unspecified atom stereocenters. The minimum absolute atomic E-state index is 0.0272. The molecule has 2 aromatic heterocycles. The first-order valence-corrected chi connectivity index (χ1v) is 12.9. The molecule has 1 aliphatic carbocycles. The fourth-order valence-electron chi connectivity index (χ4n) is 4.53. The lowest BCUT2D eigenvalue weighted by atomic mass is 9.95. The van der Waals surface area contributed by atoms with Gasteiger partial charge in [0.1, 0.15) is 16.6 Å². The predicted molar refractivity (Wildman–Crippen MR) is 120 cm³/mol. The third kappa shape index (κ3) is 3.66. The molecule has 1 N–H and O–H groups in total. The minimum atomic E-state index is -4.01. The van der Waals surface area contributed by atoms with Crippen LogP contribution in [0.4, 0.5) is 5.13 Å². The van der Waals surface area contributed by atoms with Gasteiger partial charge in [-0.1, -0.05) is 29.4 Å². The van der Waals surface area contributed by atoms with Crippen LogP contribution in [0.3, 0.4) is 0 Å². The molecular formula is C22H24N4O4S2. The zero-order valence-corrected chi connectivity index (χ0v) is 19.6. The summed E-state index contributed by atoms with van der Waals surface area (Å²) in [5.74, 6) is -0.158. The molecule has 5 rings (SSSR count). The number of amides is 1. The number of carbonyl (C=O) groups is 1. The Morgan fingerprint density at radius 3 is 2.66 bits per heavy atom.